The van der Waals surface area contributed by atoms with Gasteiger partial charge in [0.15, 0.2) is 5.17 Å². The quantitative estimate of drug-likeness (QED) is 0.252. The minimum absolute atomic E-state index is 0.0785. The number of benzene rings is 3. The molecule has 1 aliphatic rings. The number of nitrogens with zero attached hydrogens (tertiary/aromatic N) is 3. The third-order valence-corrected chi connectivity index (χ3v) is 7.57. The van der Waals surface area contributed by atoms with Crippen molar-refractivity contribution in [1.82, 2.24) is 4.98 Å². The highest BCUT2D eigenvalue weighted by Crippen LogP contribution is 2.40. The van der Waals surface area contributed by atoms with E-state index in [1.165, 1.54) is 23.1 Å². The normalized spacial score (nSPS) is 16.5. The monoisotopic (exact) mass is 531 g/mol. The van der Waals surface area contributed by atoms with Gasteiger partial charge in [-0.25, -0.2) is 4.98 Å². The van der Waals surface area contributed by atoms with Gasteiger partial charge in [0.05, 0.1) is 16.3 Å². The van der Waals surface area contributed by atoms with Crippen LogP contribution in [-0.4, -0.2) is 16.1 Å². The number of amides is 1. The molecule has 1 aromatic heterocycles. The third kappa shape index (κ3) is 4.57. The van der Waals surface area contributed by atoms with Crippen LogP contribution in [0.5, 0.6) is 0 Å². The summed E-state index contributed by atoms with van der Waals surface area (Å²) < 4.78 is 1.00. The highest BCUT2D eigenvalue weighted by Gasteiger charge is 2.36. The van der Waals surface area contributed by atoms with Crippen LogP contribution in [0.4, 0.5) is 10.8 Å². The summed E-state index contributed by atoms with van der Waals surface area (Å²) in [4.78, 5) is 25.4. The predicted octanol–water partition coefficient (Wildman–Crippen LogP) is 7.77. The van der Waals surface area contributed by atoms with E-state index in [0.717, 1.165) is 32.6 Å². The number of allylic oxidation sites excluding steroid dienone is 1. The van der Waals surface area contributed by atoms with Crippen LogP contribution in [0.3, 0.4) is 0 Å². The van der Waals surface area contributed by atoms with Crippen molar-refractivity contribution in [1.29, 1.82) is 0 Å². The Labute approximate surface area is 208 Å². The fourth-order valence-corrected chi connectivity index (χ4v) is 5.52. The maximum atomic E-state index is 13.6. The van der Waals surface area contributed by atoms with E-state index in [-0.39, 0.29) is 5.91 Å². The third-order valence-electron chi connectivity index (χ3n) is 5.17. The number of aromatic nitrogens is 1. The smallest absolute Gasteiger partial charge is 0.268 e. The molecule has 0 bridgehead atoms. The predicted molar refractivity (Wildman–Crippen MR) is 143 cm³/mol. The molecule has 162 valence electrons. The molecule has 7 heteroatoms. The van der Waals surface area contributed by atoms with E-state index in [1.54, 1.807) is 4.90 Å². The number of carbonyl (C=O) groups excluding carboxylic acids is 1. The molecule has 0 unspecified atom stereocenters. The van der Waals surface area contributed by atoms with Gasteiger partial charge in [0, 0.05) is 15.4 Å². The van der Waals surface area contributed by atoms with Crippen molar-refractivity contribution >= 4 is 66.5 Å². The lowest BCUT2D eigenvalue weighted by Crippen LogP contribution is -2.28. The average Bonchev–Trinajstić information content (AvgIpc) is 3.45. The Morgan fingerprint density at radius 2 is 1.61 bits per heavy atom. The number of hydrogen-bond donors (Lipinski definition) is 0. The summed E-state index contributed by atoms with van der Waals surface area (Å²) in [6, 6.07) is 27.6. The van der Waals surface area contributed by atoms with Gasteiger partial charge < -0.3 is 0 Å². The molecule has 2 heterocycles. The van der Waals surface area contributed by atoms with Crippen molar-refractivity contribution in [2.45, 2.75) is 6.92 Å². The van der Waals surface area contributed by atoms with E-state index in [9.17, 15) is 4.79 Å². The van der Waals surface area contributed by atoms with Crippen LogP contribution in [0.1, 0.15) is 12.5 Å². The van der Waals surface area contributed by atoms with Crippen LogP contribution in [0.2, 0.25) is 0 Å². The number of para-hydroxylation sites is 1. The number of halogens is 1. The number of aliphatic imine (C=N–C) groups is 1. The van der Waals surface area contributed by atoms with Gasteiger partial charge in [-0.15, -0.1) is 11.3 Å². The van der Waals surface area contributed by atoms with Gasteiger partial charge >= 0.3 is 0 Å². The van der Waals surface area contributed by atoms with Gasteiger partial charge in [-0.2, -0.15) is 4.99 Å². The molecule has 33 heavy (non-hydrogen) atoms. The van der Waals surface area contributed by atoms with E-state index in [1.807, 2.05) is 97.2 Å². The number of carbonyl (C=O) groups is 1. The fraction of sp³-hybridized carbons (Fsp3) is 0.0385. The molecule has 1 saturated heterocycles. The Hall–Kier alpha value is -3.00. The van der Waals surface area contributed by atoms with Gasteiger partial charge in [0.2, 0.25) is 5.13 Å². The van der Waals surface area contributed by atoms with Crippen molar-refractivity contribution in [3.8, 4) is 11.3 Å². The SMILES string of the molecule is C/C(=C1/S/C(=N/c2nc(-c3ccccc3)cs2)N(c2ccccc2)C1=O)c1ccc(Br)cc1. The fourth-order valence-electron chi connectivity index (χ4n) is 3.45. The van der Waals surface area contributed by atoms with Crippen molar-refractivity contribution < 1.29 is 4.79 Å². The highest BCUT2D eigenvalue weighted by atomic mass is 79.9. The lowest BCUT2D eigenvalue weighted by Gasteiger charge is -2.15. The minimum atomic E-state index is -0.0785. The molecule has 0 spiro atoms. The Balaban J connectivity index is 1.56. The van der Waals surface area contributed by atoms with E-state index >= 15 is 0 Å². The Bertz CT molecular complexity index is 1360. The molecule has 4 aromatic rings. The first-order valence-corrected chi connectivity index (χ1v) is 12.7. The maximum absolute atomic E-state index is 13.6. The number of anilines is 1. The summed E-state index contributed by atoms with van der Waals surface area (Å²) in [5, 5.41) is 3.21. The van der Waals surface area contributed by atoms with E-state index in [4.69, 9.17) is 9.98 Å². The van der Waals surface area contributed by atoms with E-state index in [0.29, 0.717) is 15.2 Å². The van der Waals surface area contributed by atoms with Crippen LogP contribution in [0, 0.1) is 0 Å². The van der Waals surface area contributed by atoms with Crippen LogP contribution < -0.4 is 4.90 Å². The second-order valence-electron chi connectivity index (χ2n) is 7.31. The first-order chi connectivity index (χ1) is 16.1. The van der Waals surface area contributed by atoms with E-state index in [2.05, 4.69) is 15.9 Å². The van der Waals surface area contributed by atoms with Crippen LogP contribution in [0.15, 0.2) is 105 Å². The van der Waals surface area contributed by atoms with Gasteiger partial charge in [-0.3, -0.25) is 9.69 Å². The molecule has 0 atom stereocenters. The topological polar surface area (TPSA) is 45.6 Å². The molecule has 1 amide bonds. The van der Waals surface area contributed by atoms with Crippen LogP contribution >= 0.6 is 39.0 Å². The second-order valence-corrected chi connectivity index (χ2v) is 10.0. The number of thioether (sulfide) groups is 1. The molecule has 5 rings (SSSR count). The summed E-state index contributed by atoms with van der Waals surface area (Å²) >= 11 is 6.33. The van der Waals surface area contributed by atoms with Crippen LogP contribution in [-0.2, 0) is 4.79 Å². The average molecular weight is 532 g/mol. The Morgan fingerprint density at radius 1 is 0.939 bits per heavy atom. The van der Waals surface area contributed by atoms with Crippen molar-refractivity contribution in [3.63, 3.8) is 0 Å². The highest BCUT2D eigenvalue weighted by molar-refractivity contribution is 9.10. The first-order valence-electron chi connectivity index (χ1n) is 10.2. The van der Waals surface area contributed by atoms with Gasteiger partial charge in [-0.1, -0.05) is 76.6 Å². The summed E-state index contributed by atoms with van der Waals surface area (Å²) in [7, 11) is 0. The molecule has 4 nitrogen and oxygen atoms in total. The van der Waals surface area contributed by atoms with Crippen molar-refractivity contribution in [2.75, 3.05) is 4.90 Å². The number of hydrogen-bond acceptors (Lipinski definition) is 5. The molecule has 0 N–H and O–H groups in total. The lowest BCUT2D eigenvalue weighted by molar-refractivity contribution is -0.113. The maximum Gasteiger partial charge on any atom is 0.271 e. The number of amidine groups is 1. The standard InChI is InChI=1S/C26H18BrN3OS2/c1-17(18-12-14-20(27)15-13-18)23-24(31)30(21-10-6-3-7-11-21)26(33-23)29-25-28-22(16-32-25)19-8-4-2-5-9-19/h2-16H,1H3/b23-17-,29-26+. The Morgan fingerprint density at radius 3 is 2.30 bits per heavy atom. The van der Waals surface area contributed by atoms with Crippen molar-refractivity contribution in [2.24, 2.45) is 4.99 Å². The molecule has 1 fully saturated rings. The molecular weight excluding hydrogens is 514 g/mol. The molecule has 1 aliphatic heterocycles. The summed E-state index contributed by atoms with van der Waals surface area (Å²) in [5.41, 5.74) is 4.63. The summed E-state index contributed by atoms with van der Waals surface area (Å²) in [6.07, 6.45) is 0. The molecule has 0 radical (unpaired) electrons. The molecule has 3 aromatic carbocycles. The van der Waals surface area contributed by atoms with E-state index < -0.39 is 0 Å². The minimum Gasteiger partial charge on any atom is -0.268 e. The zero-order chi connectivity index (χ0) is 22.8. The number of rotatable bonds is 4. The molecule has 0 saturated carbocycles. The Kier molecular flexibility index (Phi) is 6.26. The zero-order valence-electron chi connectivity index (χ0n) is 17.6. The van der Waals surface area contributed by atoms with Crippen molar-refractivity contribution in [3.05, 3.63) is 105 Å². The zero-order valence-corrected chi connectivity index (χ0v) is 20.8. The van der Waals surface area contributed by atoms with Crippen LogP contribution in [0.25, 0.3) is 16.8 Å². The van der Waals surface area contributed by atoms with Gasteiger partial charge in [-0.05, 0) is 54.1 Å². The first kappa shape index (κ1) is 21.8. The summed E-state index contributed by atoms with van der Waals surface area (Å²) in [6.45, 7) is 1.98. The lowest BCUT2D eigenvalue weighted by atomic mass is 10.1. The number of thiazole rings is 1. The van der Waals surface area contributed by atoms with Gasteiger partial charge in [0.1, 0.15) is 0 Å². The molecule has 0 aliphatic carbocycles. The summed E-state index contributed by atoms with van der Waals surface area (Å²) in [5.74, 6) is -0.0785. The molecular formula is C26H18BrN3OS2. The van der Waals surface area contributed by atoms with Gasteiger partial charge in [0.25, 0.3) is 5.91 Å². The second kappa shape index (κ2) is 9.47. The largest absolute Gasteiger partial charge is 0.271 e.